The van der Waals surface area contributed by atoms with Crippen molar-refractivity contribution in [3.05, 3.63) is 60.7 Å². The molecule has 3 rings (SSSR count). The summed E-state index contributed by atoms with van der Waals surface area (Å²) in [5.74, 6) is 0.290. The number of hydrogen-bond donors (Lipinski definition) is 2. The van der Waals surface area contributed by atoms with Crippen LogP contribution in [0.15, 0.2) is 60.7 Å². The van der Waals surface area contributed by atoms with Gasteiger partial charge in [0, 0.05) is 11.3 Å². The smallest absolute Gasteiger partial charge is 0.124 e. The van der Waals surface area contributed by atoms with Gasteiger partial charge >= 0.3 is 0 Å². The number of anilines is 1. The van der Waals surface area contributed by atoms with Gasteiger partial charge in [-0.3, -0.25) is 0 Å². The summed E-state index contributed by atoms with van der Waals surface area (Å²) in [6.45, 7) is 0. The van der Waals surface area contributed by atoms with Gasteiger partial charge in [0.1, 0.15) is 5.75 Å². The molecule has 0 aliphatic heterocycles. The second kappa shape index (κ2) is 4.08. The molecule has 0 radical (unpaired) electrons. The molecule has 0 bridgehead atoms. The van der Waals surface area contributed by atoms with Gasteiger partial charge in [0.15, 0.2) is 0 Å². The first kappa shape index (κ1) is 10.7. The Morgan fingerprint density at radius 2 is 1.50 bits per heavy atom. The van der Waals surface area contributed by atoms with E-state index in [4.69, 9.17) is 5.73 Å². The van der Waals surface area contributed by atoms with Gasteiger partial charge in [0.25, 0.3) is 0 Å². The van der Waals surface area contributed by atoms with Gasteiger partial charge in [-0.2, -0.15) is 0 Å². The molecule has 0 atom stereocenters. The van der Waals surface area contributed by atoms with Crippen molar-refractivity contribution in [1.29, 1.82) is 0 Å². The predicted molar refractivity (Wildman–Crippen MR) is 75.5 cm³/mol. The van der Waals surface area contributed by atoms with Crippen LogP contribution in [0.5, 0.6) is 5.75 Å². The van der Waals surface area contributed by atoms with Crippen LogP contribution >= 0.6 is 0 Å². The van der Waals surface area contributed by atoms with E-state index in [0.717, 1.165) is 27.6 Å². The average Bonchev–Trinajstić information content (AvgIpc) is 2.40. The van der Waals surface area contributed by atoms with Gasteiger partial charge in [-0.15, -0.1) is 0 Å². The van der Waals surface area contributed by atoms with E-state index in [9.17, 15) is 5.11 Å². The van der Waals surface area contributed by atoms with Crippen LogP contribution < -0.4 is 5.73 Å². The number of rotatable bonds is 1. The molecular weight excluding hydrogens is 222 g/mol. The van der Waals surface area contributed by atoms with Crippen molar-refractivity contribution in [2.45, 2.75) is 0 Å². The summed E-state index contributed by atoms with van der Waals surface area (Å²) in [5, 5.41) is 12.3. The van der Waals surface area contributed by atoms with E-state index in [2.05, 4.69) is 0 Å². The van der Waals surface area contributed by atoms with Gasteiger partial charge in [-0.05, 0) is 34.5 Å². The first-order valence-electron chi connectivity index (χ1n) is 5.82. The van der Waals surface area contributed by atoms with Crippen molar-refractivity contribution in [2.75, 3.05) is 5.73 Å². The second-order valence-electron chi connectivity index (χ2n) is 4.30. The zero-order valence-corrected chi connectivity index (χ0v) is 9.80. The Kier molecular flexibility index (Phi) is 2.41. The number of benzene rings is 3. The fourth-order valence-electron chi connectivity index (χ4n) is 2.21. The highest BCUT2D eigenvalue weighted by molar-refractivity contribution is 5.99. The van der Waals surface area contributed by atoms with Gasteiger partial charge in [0.2, 0.25) is 0 Å². The summed E-state index contributed by atoms with van der Waals surface area (Å²) >= 11 is 0. The summed E-state index contributed by atoms with van der Waals surface area (Å²) in [6, 6.07) is 19.2. The quantitative estimate of drug-likeness (QED) is 0.630. The zero-order chi connectivity index (χ0) is 12.5. The molecule has 0 unspecified atom stereocenters. The standard InChI is InChI=1S/C16H13NO/c17-13-8-5-12(6-9-13)16-14-4-2-1-3-11(14)7-10-15(16)18/h1-10,18H,17H2. The van der Waals surface area contributed by atoms with E-state index in [0.29, 0.717) is 5.75 Å². The van der Waals surface area contributed by atoms with E-state index in [-0.39, 0.29) is 0 Å². The molecule has 3 aromatic rings. The van der Waals surface area contributed by atoms with Crippen molar-refractivity contribution >= 4 is 16.5 Å². The molecule has 0 aliphatic carbocycles. The molecule has 88 valence electrons. The lowest BCUT2D eigenvalue weighted by molar-refractivity contribution is 0.478. The molecule has 0 fully saturated rings. The molecule has 0 saturated heterocycles. The Morgan fingerprint density at radius 1 is 0.778 bits per heavy atom. The summed E-state index contributed by atoms with van der Waals surface area (Å²) in [5.41, 5.74) is 8.24. The zero-order valence-electron chi connectivity index (χ0n) is 9.80. The highest BCUT2D eigenvalue weighted by atomic mass is 16.3. The third-order valence-corrected chi connectivity index (χ3v) is 3.11. The minimum absolute atomic E-state index is 0.290. The summed E-state index contributed by atoms with van der Waals surface area (Å²) in [6.07, 6.45) is 0. The Morgan fingerprint density at radius 3 is 2.28 bits per heavy atom. The Hall–Kier alpha value is -2.48. The summed E-state index contributed by atoms with van der Waals surface area (Å²) in [4.78, 5) is 0. The normalized spacial score (nSPS) is 10.7. The number of aromatic hydroxyl groups is 1. The van der Waals surface area contributed by atoms with Crippen molar-refractivity contribution in [2.24, 2.45) is 0 Å². The highest BCUT2D eigenvalue weighted by Gasteiger charge is 2.08. The van der Waals surface area contributed by atoms with Crippen LogP contribution in [0.25, 0.3) is 21.9 Å². The fraction of sp³-hybridized carbons (Fsp3) is 0. The maximum atomic E-state index is 10.1. The lowest BCUT2D eigenvalue weighted by atomic mass is 9.97. The number of fused-ring (bicyclic) bond motifs is 1. The monoisotopic (exact) mass is 235 g/mol. The number of phenols is 1. The topological polar surface area (TPSA) is 46.2 Å². The van der Waals surface area contributed by atoms with Crippen LogP contribution in [-0.4, -0.2) is 5.11 Å². The van der Waals surface area contributed by atoms with Crippen molar-refractivity contribution < 1.29 is 5.11 Å². The molecule has 3 N–H and O–H groups in total. The molecule has 3 aromatic carbocycles. The lowest BCUT2D eigenvalue weighted by Gasteiger charge is -2.09. The summed E-state index contributed by atoms with van der Waals surface area (Å²) in [7, 11) is 0. The highest BCUT2D eigenvalue weighted by Crippen LogP contribution is 2.36. The third-order valence-electron chi connectivity index (χ3n) is 3.11. The summed E-state index contributed by atoms with van der Waals surface area (Å²) < 4.78 is 0. The predicted octanol–water partition coefficient (Wildman–Crippen LogP) is 3.79. The van der Waals surface area contributed by atoms with Gasteiger partial charge in [-0.1, -0.05) is 42.5 Å². The SMILES string of the molecule is Nc1ccc(-c2c(O)ccc3ccccc23)cc1. The van der Waals surface area contributed by atoms with E-state index in [1.807, 2.05) is 54.6 Å². The van der Waals surface area contributed by atoms with Gasteiger partial charge in [0.05, 0.1) is 0 Å². The molecule has 0 heterocycles. The van der Waals surface area contributed by atoms with E-state index >= 15 is 0 Å². The van der Waals surface area contributed by atoms with Crippen LogP contribution in [0.2, 0.25) is 0 Å². The molecular formula is C16H13NO. The first-order chi connectivity index (χ1) is 8.75. The van der Waals surface area contributed by atoms with Crippen molar-refractivity contribution in [3.63, 3.8) is 0 Å². The maximum absolute atomic E-state index is 10.1. The van der Waals surface area contributed by atoms with E-state index in [1.165, 1.54) is 0 Å². The minimum Gasteiger partial charge on any atom is -0.507 e. The van der Waals surface area contributed by atoms with Crippen molar-refractivity contribution in [1.82, 2.24) is 0 Å². The molecule has 2 heteroatoms. The van der Waals surface area contributed by atoms with Crippen molar-refractivity contribution in [3.8, 4) is 16.9 Å². The van der Waals surface area contributed by atoms with Crippen LogP contribution in [0, 0.1) is 0 Å². The number of nitrogen functional groups attached to an aromatic ring is 1. The number of nitrogens with two attached hydrogens (primary N) is 1. The van der Waals surface area contributed by atoms with Gasteiger partial charge < -0.3 is 10.8 Å². The Bertz CT molecular complexity index is 702. The average molecular weight is 235 g/mol. The molecule has 0 aliphatic rings. The molecule has 2 nitrogen and oxygen atoms in total. The first-order valence-corrected chi connectivity index (χ1v) is 5.82. The number of hydrogen-bond acceptors (Lipinski definition) is 2. The number of phenolic OH excluding ortho intramolecular Hbond substituents is 1. The maximum Gasteiger partial charge on any atom is 0.124 e. The Balaban J connectivity index is 2.33. The largest absolute Gasteiger partial charge is 0.507 e. The van der Waals surface area contributed by atoms with Crippen LogP contribution in [-0.2, 0) is 0 Å². The second-order valence-corrected chi connectivity index (χ2v) is 4.30. The molecule has 0 spiro atoms. The van der Waals surface area contributed by atoms with Gasteiger partial charge in [-0.25, -0.2) is 0 Å². The van der Waals surface area contributed by atoms with E-state index in [1.54, 1.807) is 6.07 Å². The Labute approximate surface area is 105 Å². The van der Waals surface area contributed by atoms with Crippen LogP contribution in [0.4, 0.5) is 5.69 Å². The van der Waals surface area contributed by atoms with Crippen LogP contribution in [0.1, 0.15) is 0 Å². The van der Waals surface area contributed by atoms with E-state index < -0.39 is 0 Å². The van der Waals surface area contributed by atoms with Crippen LogP contribution in [0.3, 0.4) is 0 Å². The molecule has 0 aromatic heterocycles. The third kappa shape index (κ3) is 1.68. The molecule has 18 heavy (non-hydrogen) atoms. The fourth-order valence-corrected chi connectivity index (χ4v) is 2.21. The minimum atomic E-state index is 0.290. The molecule has 0 saturated carbocycles. The lowest BCUT2D eigenvalue weighted by Crippen LogP contribution is -1.86. The molecule has 0 amide bonds.